The minimum absolute atomic E-state index is 0.0602. The lowest BCUT2D eigenvalue weighted by Crippen LogP contribution is -2.41. The lowest BCUT2D eigenvalue weighted by Gasteiger charge is -2.10. The van der Waals surface area contributed by atoms with Crippen molar-refractivity contribution in [2.75, 3.05) is 24.7 Å². The predicted molar refractivity (Wildman–Crippen MR) is 82.9 cm³/mol. The summed E-state index contributed by atoms with van der Waals surface area (Å²) in [6.45, 7) is 6.59. The molecule has 0 saturated heterocycles. The number of hydrogen-bond donors (Lipinski definition) is 3. The molecule has 8 heteroatoms. The lowest BCUT2D eigenvalue weighted by molar-refractivity contribution is -0.144. The van der Waals surface area contributed by atoms with E-state index in [4.69, 9.17) is 10.5 Å². The van der Waals surface area contributed by atoms with Gasteiger partial charge in [0.1, 0.15) is 6.04 Å². The zero-order chi connectivity index (χ0) is 16.3. The van der Waals surface area contributed by atoms with Crippen LogP contribution in [-0.4, -0.2) is 48.6 Å². The summed E-state index contributed by atoms with van der Waals surface area (Å²) in [5, 5.41) is 4.82. The summed E-state index contributed by atoms with van der Waals surface area (Å²) in [6.07, 6.45) is 0.852. The molecule has 7 nitrogen and oxygen atoms in total. The number of esters is 1. The van der Waals surface area contributed by atoms with E-state index < -0.39 is 23.9 Å². The molecule has 3 amide bonds. The van der Waals surface area contributed by atoms with Gasteiger partial charge in [-0.3, -0.25) is 14.9 Å². The molecule has 0 fully saturated rings. The molecule has 1 unspecified atom stereocenters. The second kappa shape index (κ2) is 11.4. The van der Waals surface area contributed by atoms with Gasteiger partial charge in [0.05, 0.1) is 12.4 Å². The third-order valence-corrected chi connectivity index (χ3v) is 3.44. The Balaban J connectivity index is 3.75. The van der Waals surface area contributed by atoms with Crippen molar-refractivity contribution in [3.05, 3.63) is 0 Å². The second-order valence-electron chi connectivity index (χ2n) is 4.86. The van der Waals surface area contributed by atoms with Crippen molar-refractivity contribution < 1.29 is 19.1 Å². The Morgan fingerprint density at radius 2 is 1.95 bits per heavy atom. The maximum Gasteiger partial charge on any atom is 0.323 e. The predicted octanol–water partition coefficient (Wildman–Crippen LogP) is 0.482. The molecule has 0 radical (unpaired) electrons. The largest absolute Gasteiger partial charge is 0.465 e. The number of urea groups is 1. The third-order valence-electron chi connectivity index (χ3n) is 2.38. The van der Waals surface area contributed by atoms with Crippen molar-refractivity contribution >= 4 is 29.7 Å². The number of rotatable bonds is 9. The van der Waals surface area contributed by atoms with Crippen molar-refractivity contribution in [1.29, 1.82) is 0 Å². The van der Waals surface area contributed by atoms with Crippen LogP contribution in [0.3, 0.4) is 0 Å². The number of imide groups is 1. The standard InChI is InChI=1S/C13H25N3O4S/c1-4-20-12(18)10(14)7-21-8-11(17)16-13(19)15-6-5-9(2)3/h9-10H,4-8,14H2,1-3H3,(H2,15,16,17,19). The van der Waals surface area contributed by atoms with Crippen LogP contribution in [0.25, 0.3) is 0 Å². The SMILES string of the molecule is CCOC(=O)C(N)CSCC(=O)NC(=O)NCCC(C)C. The van der Waals surface area contributed by atoms with Crippen molar-refractivity contribution in [2.45, 2.75) is 33.2 Å². The van der Waals surface area contributed by atoms with Crippen LogP contribution in [0.1, 0.15) is 27.2 Å². The zero-order valence-electron chi connectivity index (χ0n) is 12.8. The molecule has 0 heterocycles. The summed E-state index contributed by atoms with van der Waals surface area (Å²) in [5.41, 5.74) is 5.58. The average molecular weight is 319 g/mol. The van der Waals surface area contributed by atoms with E-state index in [2.05, 4.69) is 10.6 Å². The molecule has 0 aliphatic heterocycles. The lowest BCUT2D eigenvalue weighted by atomic mass is 10.1. The van der Waals surface area contributed by atoms with Gasteiger partial charge in [-0.1, -0.05) is 13.8 Å². The summed E-state index contributed by atoms with van der Waals surface area (Å²) >= 11 is 1.18. The maximum absolute atomic E-state index is 11.5. The highest BCUT2D eigenvalue weighted by molar-refractivity contribution is 8.00. The van der Waals surface area contributed by atoms with Crippen LogP contribution in [0.2, 0.25) is 0 Å². The third kappa shape index (κ3) is 11.1. The molecule has 4 N–H and O–H groups in total. The molecule has 21 heavy (non-hydrogen) atoms. The van der Waals surface area contributed by atoms with E-state index in [1.54, 1.807) is 6.92 Å². The second-order valence-corrected chi connectivity index (χ2v) is 5.89. The first-order chi connectivity index (χ1) is 9.86. The van der Waals surface area contributed by atoms with Crippen LogP contribution in [-0.2, 0) is 14.3 Å². The molecule has 0 aromatic rings. The highest BCUT2D eigenvalue weighted by atomic mass is 32.2. The quantitative estimate of drug-likeness (QED) is 0.533. The van der Waals surface area contributed by atoms with Gasteiger partial charge in [0.2, 0.25) is 5.91 Å². The van der Waals surface area contributed by atoms with E-state index in [1.165, 1.54) is 11.8 Å². The van der Waals surface area contributed by atoms with E-state index in [9.17, 15) is 14.4 Å². The molecular formula is C13H25N3O4S. The van der Waals surface area contributed by atoms with Gasteiger partial charge in [0.25, 0.3) is 0 Å². The van der Waals surface area contributed by atoms with Crippen LogP contribution in [0.15, 0.2) is 0 Å². The van der Waals surface area contributed by atoms with E-state index in [0.29, 0.717) is 12.5 Å². The number of amides is 3. The van der Waals surface area contributed by atoms with Gasteiger partial charge in [0, 0.05) is 12.3 Å². The van der Waals surface area contributed by atoms with Crippen molar-refractivity contribution in [2.24, 2.45) is 11.7 Å². The number of carbonyl (C=O) groups is 3. The molecular weight excluding hydrogens is 294 g/mol. The van der Waals surface area contributed by atoms with E-state index >= 15 is 0 Å². The monoisotopic (exact) mass is 319 g/mol. The van der Waals surface area contributed by atoms with Gasteiger partial charge < -0.3 is 15.8 Å². The summed E-state index contributed by atoms with van der Waals surface area (Å²) < 4.78 is 4.75. The molecule has 0 spiro atoms. The van der Waals surface area contributed by atoms with Crippen LogP contribution in [0, 0.1) is 5.92 Å². The summed E-state index contributed by atoms with van der Waals surface area (Å²) in [6, 6.07) is -1.27. The highest BCUT2D eigenvalue weighted by Crippen LogP contribution is 2.02. The molecule has 0 aliphatic carbocycles. The van der Waals surface area contributed by atoms with Crippen molar-refractivity contribution in [3.63, 3.8) is 0 Å². The first kappa shape index (κ1) is 19.7. The Morgan fingerprint density at radius 3 is 2.52 bits per heavy atom. The molecule has 0 rings (SSSR count). The first-order valence-electron chi connectivity index (χ1n) is 6.94. The van der Waals surface area contributed by atoms with Crippen LogP contribution in [0.4, 0.5) is 4.79 Å². The van der Waals surface area contributed by atoms with Gasteiger partial charge in [-0.25, -0.2) is 4.79 Å². The minimum Gasteiger partial charge on any atom is -0.465 e. The maximum atomic E-state index is 11.5. The Morgan fingerprint density at radius 1 is 1.29 bits per heavy atom. The number of nitrogens with two attached hydrogens (primary N) is 1. The van der Waals surface area contributed by atoms with E-state index in [0.717, 1.165) is 6.42 Å². The van der Waals surface area contributed by atoms with Crippen LogP contribution < -0.4 is 16.4 Å². The fourth-order valence-corrected chi connectivity index (χ4v) is 2.04. The Bertz CT molecular complexity index is 350. The van der Waals surface area contributed by atoms with Crippen LogP contribution in [0.5, 0.6) is 0 Å². The number of thioether (sulfide) groups is 1. The number of ether oxygens (including phenoxy) is 1. The van der Waals surface area contributed by atoms with Gasteiger partial charge in [-0.2, -0.15) is 0 Å². The Labute approximate surface area is 129 Å². The van der Waals surface area contributed by atoms with Crippen molar-refractivity contribution in [1.82, 2.24) is 10.6 Å². The Hall–Kier alpha value is -1.28. The molecule has 1 atom stereocenters. The summed E-state index contributed by atoms with van der Waals surface area (Å²) in [7, 11) is 0. The van der Waals surface area contributed by atoms with Gasteiger partial charge >= 0.3 is 12.0 Å². The first-order valence-corrected chi connectivity index (χ1v) is 8.09. The summed E-state index contributed by atoms with van der Waals surface area (Å²) in [5.74, 6) is -0.0952. The van der Waals surface area contributed by atoms with E-state index in [-0.39, 0.29) is 18.1 Å². The topological polar surface area (TPSA) is 111 Å². The smallest absolute Gasteiger partial charge is 0.323 e. The average Bonchev–Trinajstić information content (AvgIpc) is 2.38. The fourth-order valence-electron chi connectivity index (χ4n) is 1.28. The molecule has 0 saturated carbocycles. The van der Waals surface area contributed by atoms with Crippen molar-refractivity contribution in [3.8, 4) is 0 Å². The normalized spacial score (nSPS) is 11.9. The summed E-state index contributed by atoms with van der Waals surface area (Å²) in [4.78, 5) is 34.1. The molecule has 0 aromatic heterocycles. The molecule has 0 aromatic carbocycles. The fraction of sp³-hybridized carbons (Fsp3) is 0.769. The minimum atomic E-state index is -0.761. The number of nitrogens with one attached hydrogen (secondary N) is 2. The van der Waals surface area contributed by atoms with E-state index in [1.807, 2.05) is 13.8 Å². The molecule has 0 bridgehead atoms. The molecule has 122 valence electrons. The van der Waals surface area contributed by atoms with Gasteiger partial charge in [-0.05, 0) is 19.3 Å². The number of carbonyl (C=O) groups excluding carboxylic acids is 3. The van der Waals surface area contributed by atoms with Gasteiger partial charge in [-0.15, -0.1) is 11.8 Å². The number of hydrogen-bond acceptors (Lipinski definition) is 6. The highest BCUT2D eigenvalue weighted by Gasteiger charge is 2.15. The Kier molecular flexibility index (Phi) is 10.7. The van der Waals surface area contributed by atoms with Gasteiger partial charge in [0.15, 0.2) is 0 Å². The molecule has 0 aliphatic rings. The zero-order valence-corrected chi connectivity index (χ0v) is 13.6. The van der Waals surface area contributed by atoms with Crippen LogP contribution >= 0.6 is 11.8 Å².